The Balaban J connectivity index is 1.67. The number of allylic oxidation sites excluding steroid dienone is 1. The van der Waals surface area contributed by atoms with E-state index in [0.29, 0.717) is 9.21 Å². The smallest absolute Gasteiger partial charge is 0.197 e. The minimum Gasteiger partial charge on any atom is -0.494 e. The second-order valence-corrected chi connectivity index (χ2v) is 7.80. The lowest BCUT2D eigenvalue weighted by atomic mass is 10.1. The number of carbonyl (C=O) groups excluding carboxylic acids is 1. The van der Waals surface area contributed by atoms with Gasteiger partial charge in [-0.2, -0.15) is 0 Å². The van der Waals surface area contributed by atoms with E-state index in [1.807, 2.05) is 24.3 Å². The fourth-order valence-corrected chi connectivity index (χ4v) is 3.43. The molecule has 0 aliphatic rings. The van der Waals surface area contributed by atoms with Gasteiger partial charge in [-0.05, 0) is 42.8 Å². The normalized spacial score (nSPS) is 11.0. The molecule has 2 aromatic rings. The summed E-state index contributed by atoms with van der Waals surface area (Å²) in [5.74, 6) is 0.811. The molecule has 0 saturated carbocycles. The molecule has 26 heavy (non-hydrogen) atoms. The number of unbranched alkanes of at least 4 members (excludes halogenated alkanes) is 5. The fraction of sp³-hybridized carbons (Fsp3) is 0.381. The Labute approximate surface area is 165 Å². The van der Waals surface area contributed by atoms with Crippen molar-refractivity contribution in [3.63, 3.8) is 0 Å². The molecule has 0 spiro atoms. The Morgan fingerprint density at radius 2 is 1.81 bits per heavy atom. The summed E-state index contributed by atoms with van der Waals surface area (Å²) in [7, 11) is 0. The monoisotopic (exact) mass is 391 g/mol. The molecule has 0 saturated heterocycles. The molecule has 2 rings (SSSR count). The number of halogens is 1. The van der Waals surface area contributed by atoms with E-state index in [2.05, 4.69) is 12.2 Å². The van der Waals surface area contributed by atoms with E-state index in [0.717, 1.165) is 24.5 Å². The minimum absolute atomic E-state index is 0.0618. The molecule has 0 amide bonds. The zero-order valence-corrected chi connectivity index (χ0v) is 16.7. The highest BCUT2D eigenvalue weighted by Gasteiger charge is 2.04. The van der Waals surface area contributed by atoms with E-state index < -0.39 is 0 Å². The molecule has 0 atom stereocenters. The van der Waals surface area contributed by atoms with Gasteiger partial charge >= 0.3 is 0 Å². The summed E-state index contributed by atoms with van der Waals surface area (Å²) in [6, 6.07) is 11.2. The van der Waals surface area contributed by atoms with Gasteiger partial charge in [-0.3, -0.25) is 4.79 Å². The predicted molar refractivity (Wildman–Crippen MR) is 112 cm³/mol. The van der Waals surface area contributed by atoms with Crippen LogP contribution >= 0.6 is 22.9 Å². The Bertz CT molecular complexity index is 694. The van der Waals surface area contributed by atoms with E-state index in [1.54, 1.807) is 18.3 Å². The molecule has 0 fully saturated rings. The van der Waals surface area contributed by atoms with Gasteiger partial charge in [0.25, 0.3) is 0 Å². The summed E-state index contributed by atoms with van der Waals surface area (Å²) in [5, 5.41) is 3.09. The van der Waals surface area contributed by atoms with Gasteiger partial charge < -0.3 is 10.1 Å². The van der Waals surface area contributed by atoms with Crippen molar-refractivity contribution in [1.29, 1.82) is 0 Å². The van der Waals surface area contributed by atoms with Gasteiger partial charge in [0.2, 0.25) is 0 Å². The van der Waals surface area contributed by atoms with Crippen molar-refractivity contribution in [2.75, 3.05) is 11.9 Å². The van der Waals surface area contributed by atoms with E-state index >= 15 is 0 Å². The molecule has 5 heteroatoms. The average Bonchev–Trinajstić information content (AvgIpc) is 3.09. The van der Waals surface area contributed by atoms with Crippen molar-refractivity contribution in [3.8, 4) is 5.75 Å². The van der Waals surface area contributed by atoms with Gasteiger partial charge in [-0.25, -0.2) is 0 Å². The molecule has 0 radical (unpaired) electrons. The molecule has 3 nitrogen and oxygen atoms in total. The standard InChI is InChI=1S/C21H26ClNO2S/c1-2-3-4-5-6-7-16-25-18-10-8-17(9-11-18)23-15-14-19(24)20-12-13-21(22)26-20/h8-15,23H,2-7,16H2,1H3/b15-14-. The molecule has 1 N–H and O–H groups in total. The van der Waals surface area contributed by atoms with Gasteiger partial charge in [0.15, 0.2) is 5.78 Å². The molecule has 0 unspecified atom stereocenters. The quantitative estimate of drug-likeness (QED) is 0.241. The highest BCUT2D eigenvalue weighted by Crippen LogP contribution is 2.22. The summed E-state index contributed by atoms with van der Waals surface area (Å²) in [6.45, 7) is 2.99. The first-order valence-electron chi connectivity index (χ1n) is 9.14. The highest BCUT2D eigenvalue weighted by atomic mass is 35.5. The third-order valence-corrected chi connectivity index (χ3v) is 5.17. The highest BCUT2D eigenvalue weighted by molar-refractivity contribution is 7.18. The molecule has 1 aromatic heterocycles. The molecule has 0 bridgehead atoms. The molecule has 140 valence electrons. The van der Waals surface area contributed by atoms with Crippen molar-refractivity contribution in [3.05, 3.63) is 57.9 Å². The Morgan fingerprint density at radius 1 is 1.08 bits per heavy atom. The Morgan fingerprint density at radius 3 is 2.50 bits per heavy atom. The van der Waals surface area contributed by atoms with E-state index in [-0.39, 0.29) is 5.78 Å². The second-order valence-electron chi connectivity index (χ2n) is 6.09. The lowest BCUT2D eigenvalue weighted by Gasteiger charge is -2.07. The largest absolute Gasteiger partial charge is 0.494 e. The average molecular weight is 392 g/mol. The predicted octanol–water partition coefficient (Wildman–Crippen LogP) is 6.95. The number of nitrogens with one attached hydrogen (secondary N) is 1. The summed E-state index contributed by atoms with van der Waals surface area (Å²) < 4.78 is 6.38. The lowest BCUT2D eigenvalue weighted by molar-refractivity contribution is 0.105. The summed E-state index contributed by atoms with van der Waals surface area (Å²) in [4.78, 5) is 12.6. The zero-order chi connectivity index (χ0) is 18.6. The molecule has 0 aliphatic carbocycles. The molecular weight excluding hydrogens is 366 g/mol. The molecule has 1 aromatic carbocycles. The number of hydrogen-bond acceptors (Lipinski definition) is 4. The van der Waals surface area contributed by atoms with Crippen LogP contribution in [0.2, 0.25) is 4.34 Å². The van der Waals surface area contributed by atoms with Crippen molar-refractivity contribution in [2.24, 2.45) is 0 Å². The van der Waals surface area contributed by atoms with Crippen LogP contribution in [0.4, 0.5) is 5.69 Å². The number of hydrogen-bond donors (Lipinski definition) is 1. The molecule has 1 heterocycles. The maximum Gasteiger partial charge on any atom is 0.197 e. The van der Waals surface area contributed by atoms with Crippen LogP contribution in [0.5, 0.6) is 5.75 Å². The third-order valence-electron chi connectivity index (χ3n) is 3.92. The SMILES string of the molecule is CCCCCCCCOc1ccc(N/C=C\C(=O)c2ccc(Cl)s2)cc1. The topological polar surface area (TPSA) is 38.3 Å². The maximum atomic E-state index is 11.9. The van der Waals surface area contributed by atoms with Gasteiger partial charge in [0.1, 0.15) is 5.75 Å². The second kappa shape index (κ2) is 11.8. The van der Waals surface area contributed by atoms with Gasteiger partial charge in [-0.1, -0.05) is 50.6 Å². The van der Waals surface area contributed by atoms with Crippen molar-refractivity contribution < 1.29 is 9.53 Å². The third kappa shape index (κ3) is 7.63. The van der Waals surface area contributed by atoms with Crippen LogP contribution in [0.25, 0.3) is 0 Å². The van der Waals surface area contributed by atoms with Crippen LogP contribution in [0, 0.1) is 0 Å². The molecule has 0 aliphatic heterocycles. The minimum atomic E-state index is -0.0618. The number of anilines is 1. The summed E-state index contributed by atoms with van der Waals surface area (Å²) in [6.07, 6.45) is 10.7. The lowest BCUT2D eigenvalue weighted by Crippen LogP contribution is -1.97. The summed E-state index contributed by atoms with van der Waals surface area (Å²) >= 11 is 7.12. The Hall–Kier alpha value is -1.78. The van der Waals surface area contributed by atoms with Crippen molar-refractivity contribution in [1.82, 2.24) is 0 Å². The van der Waals surface area contributed by atoms with Crippen LogP contribution in [0.15, 0.2) is 48.7 Å². The van der Waals surface area contributed by atoms with Gasteiger partial charge in [0.05, 0.1) is 15.8 Å². The first-order chi connectivity index (χ1) is 12.7. The van der Waals surface area contributed by atoms with Crippen LogP contribution in [-0.2, 0) is 0 Å². The summed E-state index contributed by atoms with van der Waals surface area (Å²) in [5.41, 5.74) is 0.908. The number of rotatable bonds is 12. The maximum absolute atomic E-state index is 11.9. The van der Waals surface area contributed by atoms with Crippen LogP contribution in [-0.4, -0.2) is 12.4 Å². The number of carbonyl (C=O) groups is 1. The zero-order valence-electron chi connectivity index (χ0n) is 15.2. The van der Waals surface area contributed by atoms with Crippen LogP contribution in [0.1, 0.15) is 55.1 Å². The van der Waals surface area contributed by atoms with E-state index in [1.165, 1.54) is 49.5 Å². The van der Waals surface area contributed by atoms with Crippen molar-refractivity contribution in [2.45, 2.75) is 45.4 Å². The van der Waals surface area contributed by atoms with E-state index in [4.69, 9.17) is 16.3 Å². The van der Waals surface area contributed by atoms with Gasteiger partial charge in [-0.15, -0.1) is 11.3 Å². The number of thiophene rings is 1. The number of ether oxygens (including phenoxy) is 1. The van der Waals surface area contributed by atoms with E-state index in [9.17, 15) is 4.79 Å². The van der Waals surface area contributed by atoms with Gasteiger partial charge in [0, 0.05) is 18.0 Å². The molecular formula is C21H26ClNO2S. The fourth-order valence-electron chi connectivity index (χ4n) is 2.46. The van der Waals surface area contributed by atoms with Crippen LogP contribution in [0.3, 0.4) is 0 Å². The first kappa shape index (κ1) is 20.5. The first-order valence-corrected chi connectivity index (χ1v) is 10.3. The van der Waals surface area contributed by atoms with Crippen LogP contribution < -0.4 is 10.1 Å². The van der Waals surface area contributed by atoms with Crippen molar-refractivity contribution >= 4 is 34.4 Å². The number of benzene rings is 1. The number of ketones is 1. The Kier molecular flexibility index (Phi) is 9.29.